The minimum Gasteiger partial charge on any atom is -0.507 e. The Balaban J connectivity index is 1.76. The molecule has 0 bridgehead atoms. The van der Waals surface area contributed by atoms with E-state index in [1.54, 1.807) is 6.07 Å². The van der Waals surface area contributed by atoms with E-state index < -0.39 is 43.9 Å². The van der Waals surface area contributed by atoms with Crippen molar-refractivity contribution in [1.29, 1.82) is 0 Å². The van der Waals surface area contributed by atoms with Crippen LogP contribution in [0, 0.1) is 0 Å². The summed E-state index contributed by atoms with van der Waals surface area (Å²) >= 11 is 0. The molecule has 0 spiro atoms. The average molecular weight is 458 g/mol. The predicted octanol–water partition coefficient (Wildman–Crippen LogP) is 2.98. The zero-order valence-corrected chi connectivity index (χ0v) is 16.7. The van der Waals surface area contributed by atoms with Gasteiger partial charge in [0, 0.05) is 17.7 Å². The lowest BCUT2D eigenvalue weighted by molar-refractivity contribution is -0.0926. The number of benzene rings is 3. The van der Waals surface area contributed by atoms with Gasteiger partial charge in [-0.3, -0.25) is 4.79 Å². The maximum atomic E-state index is 12.6. The lowest BCUT2D eigenvalue weighted by Crippen LogP contribution is -2.09. The molecule has 0 saturated heterocycles. The van der Waals surface area contributed by atoms with Crippen molar-refractivity contribution in [2.24, 2.45) is 0 Å². The fraction of sp³-hybridized carbons (Fsp3) is 0. The Hall–Kier alpha value is -4.22. The van der Waals surface area contributed by atoms with Crippen molar-refractivity contribution in [1.82, 2.24) is 0 Å². The van der Waals surface area contributed by atoms with Gasteiger partial charge in [-0.2, -0.15) is 8.42 Å². The third-order valence-corrected chi connectivity index (χ3v) is 5.51. The Bertz CT molecular complexity index is 1490. The summed E-state index contributed by atoms with van der Waals surface area (Å²) < 4.78 is 34.4. The molecular weight excluding hydrogens is 444 g/mol. The molecule has 0 atom stereocenters. The molecule has 0 unspecified atom stereocenters. The van der Waals surface area contributed by atoms with Gasteiger partial charge in [-0.05, 0) is 30.3 Å². The van der Waals surface area contributed by atoms with Crippen molar-refractivity contribution in [2.45, 2.75) is 4.90 Å². The first-order chi connectivity index (χ1) is 15.2. The highest BCUT2D eigenvalue weighted by atomic mass is 32.2. The van der Waals surface area contributed by atoms with E-state index in [9.17, 15) is 33.6 Å². The van der Waals surface area contributed by atoms with Crippen LogP contribution >= 0.6 is 0 Å². The average Bonchev–Trinajstić information content (AvgIpc) is 2.77. The molecule has 0 amide bonds. The van der Waals surface area contributed by atoms with Crippen LogP contribution in [-0.2, 0) is 14.5 Å². The Labute approximate surface area is 179 Å². The van der Waals surface area contributed by atoms with Gasteiger partial charge in [0.2, 0.25) is 11.2 Å². The van der Waals surface area contributed by atoms with E-state index >= 15 is 0 Å². The molecule has 4 rings (SSSR count). The monoisotopic (exact) mass is 458 g/mol. The first-order valence-electron chi connectivity index (χ1n) is 8.89. The molecule has 0 aliphatic rings. The molecule has 10 nitrogen and oxygen atoms in total. The number of rotatable bonds is 5. The fourth-order valence-electron chi connectivity index (χ4n) is 2.88. The summed E-state index contributed by atoms with van der Waals surface area (Å²) in [6.45, 7) is 0. The highest BCUT2D eigenvalue weighted by Crippen LogP contribution is 2.38. The molecular formula is C21H14O10S. The number of phenolic OH excluding ortho intramolecular Hbond substituents is 3. The van der Waals surface area contributed by atoms with E-state index in [2.05, 4.69) is 4.33 Å². The highest BCUT2D eigenvalue weighted by Gasteiger charge is 2.22. The van der Waals surface area contributed by atoms with Crippen molar-refractivity contribution in [2.75, 3.05) is 0 Å². The van der Waals surface area contributed by atoms with Crippen molar-refractivity contribution >= 4 is 21.1 Å². The van der Waals surface area contributed by atoms with Gasteiger partial charge in [0.25, 0.3) is 0 Å². The van der Waals surface area contributed by atoms with Crippen molar-refractivity contribution in [3.05, 3.63) is 70.9 Å². The van der Waals surface area contributed by atoms with Crippen LogP contribution in [0.25, 0.3) is 22.3 Å². The quantitative estimate of drug-likeness (QED) is 0.198. The summed E-state index contributed by atoms with van der Waals surface area (Å²) in [5.74, 6) is -3.16. The number of hydrogen-bond donors (Lipinski definition) is 4. The summed E-state index contributed by atoms with van der Waals surface area (Å²) in [6.07, 6.45) is 0. The minimum atomic E-state index is -4.29. The van der Waals surface area contributed by atoms with E-state index in [4.69, 9.17) is 9.30 Å². The van der Waals surface area contributed by atoms with Crippen LogP contribution in [0.2, 0.25) is 0 Å². The molecule has 3 aromatic carbocycles. The first-order valence-corrected chi connectivity index (χ1v) is 10.3. The van der Waals surface area contributed by atoms with Gasteiger partial charge in [0.05, 0.1) is 4.90 Å². The summed E-state index contributed by atoms with van der Waals surface area (Å²) in [4.78, 5) is 17.2. The molecule has 1 aromatic heterocycles. The van der Waals surface area contributed by atoms with Gasteiger partial charge >= 0.3 is 10.1 Å². The summed E-state index contributed by atoms with van der Waals surface area (Å²) in [5.41, 5.74) is -1.22. The maximum Gasteiger partial charge on any atom is 0.332 e. The maximum absolute atomic E-state index is 12.6. The van der Waals surface area contributed by atoms with Gasteiger partial charge in [0.15, 0.2) is 23.0 Å². The molecule has 0 radical (unpaired) electrons. The molecule has 164 valence electrons. The second kappa shape index (κ2) is 7.80. The summed E-state index contributed by atoms with van der Waals surface area (Å²) in [7, 11) is -4.29. The normalized spacial score (nSPS) is 11.5. The van der Waals surface area contributed by atoms with Crippen LogP contribution in [0.15, 0.2) is 74.8 Å². The standard InChI is InChI=1S/C21H14O10S/c22-14-7-6-11(8-15(14)23)21-20(26)19(25)18-16(24)9-12(10-17(18)29-21)30-31-32(27,28)13-4-2-1-3-5-13/h1-10,22-24,26H. The van der Waals surface area contributed by atoms with Crippen LogP contribution < -0.4 is 10.3 Å². The second-order valence-corrected chi connectivity index (χ2v) is 8.06. The summed E-state index contributed by atoms with van der Waals surface area (Å²) in [6, 6.07) is 12.6. The molecule has 0 aliphatic heterocycles. The van der Waals surface area contributed by atoms with E-state index in [-0.39, 0.29) is 27.6 Å². The molecule has 4 aromatic rings. The van der Waals surface area contributed by atoms with Crippen LogP contribution in [-0.4, -0.2) is 28.8 Å². The largest absolute Gasteiger partial charge is 0.507 e. The van der Waals surface area contributed by atoms with Crippen LogP contribution in [0.1, 0.15) is 0 Å². The van der Waals surface area contributed by atoms with E-state index in [1.807, 2.05) is 0 Å². The molecule has 32 heavy (non-hydrogen) atoms. The zero-order chi connectivity index (χ0) is 23.0. The molecule has 0 aliphatic carbocycles. The Morgan fingerprint density at radius 3 is 2.22 bits per heavy atom. The lowest BCUT2D eigenvalue weighted by Gasteiger charge is -2.10. The third kappa shape index (κ3) is 3.77. The zero-order valence-electron chi connectivity index (χ0n) is 15.9. The smallest absolute Gasteiger partial charge is 0.332 e. The van der Waals surface area contributed by atoms with Crippen LogP contribution in [0.5, 0.6) is 28.7 Å². The van der Waals surface area contributed by atoms with Gasteiger partial charge < -0.3 is 29.7 Å². The van der Waals surface area contributed by atoms with Crippen molar-refractivity contribution < 1.29 is 42.5 Å². The fourth-order valence-corrected chi connectivity index (χ4v) is 3.62. The molecule has 11 heteroatoms. The summed E-state index contributed by atoms with van der Waals surface area (Å²) in [5, 5.41) is 39.2. The molecule has 0 saturated carbocycles. The van der Waals surface area contributed by atoms with Gasteiger partial charge in [-0.25, -0.2) is 0 Å². The van der Waals surface area contributed by atoms with Crippen LogP contribution in [0.3, 0.4) is 0 Å². The Morgan fingerprint density at radius 2 is 1.53 bits per heavy atom. The number of hydrogen-bond acceptors (Lipinski definition) is 10. The molecule has 1 heterocycles. The lowest BCUT2D eigenvalue weighted by atomic mass is 10.1. The molecule has 0 fully saturated rings. The van der Waals surface area contributed by atoms with E-state index in [1.165, 1.54) is 30.3 Å². The van der Waals surface area contributed by atoms with E-state index in [0.717, 1.165) is 24.3 Å². The SMILES string of the molecule is O=c1c(O)c(-c2ccc(O)c(O)c2)oc2cc(OOS(=O)(=O)c3ccccc3)cc(O)c12. The topological polar surface area (TPSA) is 164 Å². The Kier molecular flexibility index (Phi) is 5.12. The van der Waals surface area contributed by atoms with E-state index in [0.29, 0.717) is 0 Å². The Morgan fingerprint density at radius 1 is 0.812 bits per heavy atom. The number of phenols is 3. The molecule has 4 N–H and O–H groups in total. The third-order valence-electron chi connectivity index (χ3n) is 4.41. The van der Waals surface area contributed by atoms with Gasteiger partial charge in [0.1, 0.15) is 16.7 Å². The van der Waals surface area contributed by atoms with Crippen LogP contribution in [0.4, 0.5) is 0 Å². The number of fused-ring (bicyclic) bond motifs is 1. The first kappa shape index (κ1) is 21.0. The minimum absolute atomic E-state index is 0.0468. The second-order valence-electron chi connectivity index (χ2n) is 6.55. The van der Waals surface area contributed by atoms with Gasteiger partial charge in [-0.1, -0.05) is 22.5 Å². The number of aromatic hydroxyl groups is 4. The highest BCUT2D eigenvalue weighted by molar-refractivity contribution is 7.86. The van der Waals surface area contributed by atoms with Crippen molar-refractivity contribution in [3.63, 3.8) is 0 Å². The van der Waals surface area contributed by atoms with Gasteiger partial charge in [-0.15, -0.1) is 0 Å². The predicted molar refractivity (Wildman–Crippen MR) is 110 cm³/mol. The van der Waals surface area contributed by atoms with Crippen molar-refractivity contribution in [3.8, 4) is 40.1 Å².